The molecule has 0 saturated heterocycles. The Bertz CT molecular complexity index is 741. The molecule has 90 valence electrons. The van der Waals surface area contributed by atoms with Gasteiger partial charge in [0.2, 0.25) is 0 Å². The fraction of sp³-hybridized carbons (Fsp3) is 0. The lowest BCUT2D eigenvalue weighted by molar-refractivity contribution is 0.800. The summed E-state index contributed by atoms with van der Waals surface area (Å²) in [5, 5.41) is 17.1. The van der Waals surface area contributed by atoms with Crippen LogP contribution in [0.15, 0.2) is 49.1 Å². The second-order valence-electron chi connectivity index (χ2n) is 3.77. The first kappa shape index (κ1) is 11.0. The standard InChI is InChI=1S/C13H8N6/c14-7-10-3-1-6-16-13(10)12-9-19(18-17-12)11-4-2-5-15-8-11/h1-6,8-9H. The molecule has 0 bridgehead atoms. The molecule has 0 fully saturated rings. The summed E-state index contributed by atoms with van der Waals surface area (Å²) in [4.78, 5) is 8.19. The Morgan fingerprint density at radius 1 is 1.16 bits per heavy atom. The van der Waals surface area contributed by atoms with Gasteiger partial charge in [0.05, 0.1) is 23.6 Å². The topological polar surface area (TPSA) is 80.3 Å². The minimum Gasteiger partial charge on any atom is -0.262 e. The molecule has 0 aromatic carbocycles. The Hall–Kier alpha value is -3.07. The van der Waals surface area contributed by atoms with Crippen molar-refractivity contribution in [1.29, 1.82) is 5.26 Å². The second kappa shape index (κ2) is 4.66. The highest BCUT2D eigenvalue weighted by Crippen LogP contribution is 2.18. The summed E-state index contributed by atoms with van der Waals surface area (Å²) in [6.45, 7) is 0. The molecule has 0 spiro atoms. The minimum atomic E-state index is 0.473. The first-order chi connectivity index (χ1) is 9.38. The number of nitriles is 1. The van der Waals surface area contributed by atoms with Gasteiger partial charge in [0, 0.05) is 12.4 Å². The van der Waals surface area contributed by atoms with Gasteiger partial charge in [0.1, 0.15) is 17.5 Å². The molecule has 0 unspecified atom stereocenters. The van der Waals surface area contributed by atoms with E-state index < -0.39 is 0 Å². The van der Waals surface area contributed by atoms with Crippen molar-refractivity contribution >= 4 is 0 Å². The monoisotopic (exact) mass is 248 g/mol. The smallest absolute Gasteiger partial charge is 0.133 e. The molecule has 0 aliphatic heterocycles. The van der Waals surface area contributed by atoms with Crippen molar-refractivity contribution in [2.45, 2.75) is 0 Å². The van der Waals surface area contributed by atoms with E-state index in [0.29, 0.717) is 17.0 Å². The zero-order valence-electron chi connectivity index (χ0n) is 9.80. The largest absolute Gasteiger partial charge is 0.262 e. The van der Waals surface area contributed by atoms with Crippen LogP contribution in [0, 0.1) is 11.3 Å². The van der Waals surface area contributed by atoms with E-state index in [2.05, 4.69) is 26.3 Å². The summed E-state index contributed by atoms with van der Waals surface area (Å²) < 4.78 is 1.60. The third-order valence-electron chi connectivity index (χ3n) is 2.57. The summed E-state index contributed by atoms with van der Waals surface area (Å²) in [6, 6.07) is 9.19. The molecule has 6 heteroatoms. The lowest BCUT2D eigenvalue weighted by Gasteiger charge is -1.97. The fourth-order valence-corrected chi connectivity index (χ4v) is 1.69. The molecule has 19 heavy (non-hydrogen) atoms. The van der Waals surface area contributed by atoms with E-state index in [1.165, 1.54) is 0 Å². The second-order valence-corrected chi connectivity index (χ2v) is 3.77. The van der Waals surface area contributed by atoms with E-state index in [4.69, 9.17) is 5.26 Å². The Morgan fingerprint density at radius 2 is 2.05 bits per heavy atom. The van der Waals surface area contributed by atoms with Crippen molar-refractivity contribution in [2.75, 3.05) is 0 Å². The molecule has 0 amide bonds. The Kier molecular flexibility index (Phi) is 2.71. The third-order valence-corrected chi connectivity index (χ3v) is 2.57. The summed E-state index contributed by atoms with van der Waals surface area (Å²) in [5.41, 5.74) is 2.36. The predicted molar refractivity (Wildman–Crippen MR) is 67.1 cm³/mol. The first-order valence-electron chi connectivity index (χ1n) is 5.57. The van der Waals surface area contributed by atoms with E-state index in [1.807, 2.05) is 12.1 Å². The maximum absolute atomic E-state index is 9.05. The van der Waals surface area contributed by atoms with Gasteiger partial charge in [-0.3, -0.25) is 9.97 Å². The SMILES string of the molecule is N#Cc1cccnc1-c1cn(-c2cccnc2)nn1. The number of hydrogen-bond donors (Lipinski definition) is 0. The Morgan fingerprint density at radius 3 is 2.84 bits per heavy atom. The number of aromatic nitrogens is 5. The summed E-state index contributed by atoms with van der Waals surface area (Å²) in [5.74, 6) is 0. The van der Waals surface area contributed by atoms with Gasteiger partial charge in [-0.2, -0.15) is 5.26 Å². The van der Waals surface area contributed by atoms with Crippen LogP contribution in [0.4, 0.5) is 0 Å². The first-order valence-corrected chi connectivity index (χ1v) is 5.57. The molecule has 3 rings (SSSR count). The maximum Gasteiger partial charge on any atom is 0.133 e. The summed E-state index contributed by atoms with van der Waals surface area (Å²) in [6.07, 6.45) is 6.72. The molecule has 3 heterocycles. The molecule has 6 nitrogen and oxygen atoms in total. The highest BCUT2D eigenvalue weighted by atomic mass is 15.4. The van der Waals surface area contributed by atoms with E-state index in [1.54, 1.807) is 41.6 Å². The van der Waals surface area contributed by atoms with Crippen molar-refractivity contribution in [3.63, 3.8) is 0 Å². The van der Waals surface area contributed by atoms with Gasteiger partial charge in [0.25, 0.3) is 0 Å². The van der Waals surface area contributed by atoms with E-state index in [9.17, 15) is 0 Å². The lowest BCUT2D eigenvalue weighted by atomic mass is 10.2. The van der Waals surface area contributed by atoms with Crippen molar-refractivity contribution in [1.82, 2.24) is 25.0 Å². The molecule has 0 aliphatic carbocycles. The average molecular weight is 248 g/mol. The van der Waals surface area contributed by atoms with Crippen LogP contribution in [0.3, 0.4) is 0 Å². The minimum absolute atomic E-state index is 0.473. The van der Waals surface area contributed by atoms with Gasteiger partial charge in [0.15, 0.2) is 0 Å². The maximum atomic E-state index is 9.05. The molecule has 0 radical (unpaired) electrons. The zero-order chi connectivity index (χ0) is 13.1. The number of pyridine rings is 2. The van der Waals surface area contributed by atoms with E-state index in [-0.39, 0.29) is 0 Å². The van der Waals surface area contributed by atoms with Gasteiger partial charge >= 0.3 is 0 Å². The summed E-state index contributed by atoms with van der Waals surface area (Å²) in [7, 11) is 0. The van der Waals surface area contributed by atoms with E-state index in [0.717, 1.165) is 5.69 Å². The van der Waals surface area contributed by atoms with Crippen LogP contribution >= 0.6 is 0 Å². The van der Waals surface area contributed by atoms with Crippen molar-refractivity contribution in [2.24, 2.45) is 0 Å². The Labute approximate surface area is 109 Å². The number of hydrogen-bond acceptors (Lipinski definition) is 5. The van der Waals surface area contributed by atoms with Gasteiger partial charge in [-0.15, -0.1) is 5.10 Å². The van der Waals surface area contributed by atoms with Gasteiger partial charge < -0.3 is 0 Å². The zero-order valence-corrected chi connectivity index (χ0v) is 9.80. The molecule has 0 atom stereocenters. The lowest BCUT2D eigenvalue weighted by Crippen LogP contribution is -1.94. The predicted octanol–water partition coefficient (Wildman–Crippen LogP) is 1.60. The van der Waals surface area contributed by atoms with Gasteiger partial charge in [-0.05, 0) is 24.3 Å². The third kappa shape index (κ3) is 2.05. The normalized spacial score (nSPS) is 10.1. The molecule has 3 aromatic rings. The van der Waals surface area contributed by atoms with Crippen LogP contribution in [0.1, 0.15) is 5.56 Å². The van der Waals surface area contributed by atoms with Crippen LogP contribution in [0.2, 0.25) is 0 Å². The fourth-order valence-electron chi connectivity index (χ4n) is 1.69. The van der Waals surface area contributed by atoms with Gasteiger partial charge in [-0.1, -0.05) is 5.21 Å². The highest BCUT2D eigenvalue weighted by Gasteiger charge is 2.10. The molecule has 3 aromatic heterocycles. The van der Waals surface area contributed by atoms with Crippen LogP contribution in [-0.2, 0) is 0 Å². The van der Waals surface area contributed by atoms with Crippen molar-refractivity contribution < 1.29 is 0 Å². The van der Waals surface area contributed by atoms with Crippen molar-refractivity contribution in [3.05, 3.63) is 54.6 Å². The van der Waals surface area contributed by atoms with Crippen molar-refractivity contribution in [3.8, 4) is 23.1 Å². The highest BCUT2D eigenvalue weighted by molar-refractivity contribution is 5.61. The van der Waals surface area contributed by atoms with Crippen LogP contribution in [0.5, 0.6) is 0 Å². The molecule has 0 aliphatic rings. The van der Waals surface area contributed by atoms with Crippen LogP contribution in [0.25, 0.3) is 17.1 Å². The molecular weight excluding hydrogens is 240 g/mol. The van der Waals surface area contributed by atoms with Crippen LogP contribution < -0.4 is 0 Å². The quantitative estimate of drug-likeness (QED) is 0.688. The summed E-state index contributed by atoms with van der Waals surface area (Å²) >= 11 is 0. The van der Waals surface area contributed by atoms with E-state index >= 15 is 0 Å². The number of rotatable bonds is 2. The molecule has 0 N–H and O–H groups in total. The molecular formula is C13H8N6. The number of nitrogens with zero attached hydrogens (tertiary/aromatic N) is 6. The van der Waals surface area contributed by atoms with Crippen LogP contribution in [-0.4, -0.2) is 25.0 Å². The Balaban J connectivity index is 2.05. The van der Waals surface area contributed by atoms with Gasteiger partial charge in [-0.25, -0.2) is 4.68 Å². The molecule has 0 saturated carbocycles. The average Bonchev–Trinajstić information content (AvgIpc) is 2.98.